The first-order valence-electron chi connectivity index (χ1n) is 20.2. The maximum atomic E-state index is 14.7. The van der Waals surface area contributed by atoms with Crippen LogP contribution in [0.1, 0.15) is 92.1 Å². The Morgan fingerprint density at radius 3 is 2.39 bits per heavy atom. The van der Waals surface area contributed by atoms with Gasteiger partial charge in [0, 0.05) is 47.2 Å². The molecule has 1 aliphatic heterocycles. The van der Waals surface area contributed by atoms with Crippen LogP contribution in [0.3, 0.4) is 0 Å². The van der Waals surface area contributed by atoms with Crippen LogP contribution in [0.2, 0.25) is 0 Å². The first kappa shape index (κ1) is 43.3. The number of urea groups is 1. The average Bonchev–Trinajstić information content (AvgIpc) is 3.56. The van der Waals surface area contributed by atoms with Gasteiger partial charge in [-0.2, -0.15) is 0 Å². The van der Waals surface area contributed by atoms with Crippen LogP contribution in [0.15, 0.2) is 36.2 Å². The number of carbonyl (C=O) groups excluding carboxylic acids is 4. The first-order chi connectivity index (χ1) is 27.7. The molecule has 3 aliphatic rings. The van der Waals surface area contributed by atoms with Gasteiger partial charge in [-0.25, -0.2) is 19.6 Å². The van der Waals surface area contributed by atoms with Crippen molar-refractivity contribution < 1.29 is 38.6 Å². The highest BCUT2D eigenvalue weighted by Crippen LogP contribution is 2.45. The summed E-state index contributed by atoms with van der Waals surface area (Å²) in [6, 6.07) is 2.79. The minimum Gasteiger partial charge on any atom is -0.496 e. The van der Waals surface area contributed by atoms with Gasteiger partial charge in [0.15, 0.2) is 5.13 Å². The topological polar surface area (TPSA) is 201 Å². The molecular weight excluding hydrogens is 775 g/mol. The SMILES string of the molecule is C=C[C@@H]1C[C@]1(NC(=O)[C@@H]1C[C@@H](Oc2cc(-c3csc(NC(=O)CC(C)(C)C)n3)nc3c(C)c(OC)ccc23)CN1C(=O)[C@@H](NC(=O)NC1CCCC1)C(C)(C)C)C(=O)O. The number of amides is 5. The first-order valence-corrected chi connectivity index (χ1v) is 21.1. The van der Waals surface area contributed by atoms with Gasteiger partial charge in [0.05, 0.1) is 24.9 Å². The number of nitrogens with one attached hydrogen (secondary N) is 4. The fourth-order valence-electron chi connectivity index (χ4n) is 8.04. The molecule has 3 heterocycles. The summed E-state index contributed by atoms with van der Waals surface area (Å²) in [7, 11) is 1.57. The van der Waals surface area contributed by atoms with Crippen LogP contribution in [0.5, 0.6) is 11.5 Å². The monoisotopic (exact) mass is 831 g/mol. The van der Waals surface area contributed by atoms with Crippen LogP contribution < -0.4 is 30.7 Å². The summed E-state index contributed by atoms with van der Waals surface area (Å²) in [5.74, 6) is -1.90. The zero-order valence-corrected chi connectivity index (χ0v) is 36.0. The third kappa shape index (κ3) is 9.63. The van der Waals surface area contributed by atoms with Crippen LogP contribution in [0.4, 0.5) is 9.93 Å². The standard InChI is InChI=1S/C43H57N7O8S/c1-10-24-19-43(24,38(54)55)49-36(52)30-17-26(21-50(30)37(53)35(42(6,7)8)48-39(56)44-25-13-11-12-14-25)58-32-18-28(45-34-23(2)31(57-9)16-15-27(32)34)29-22-59-40(46-29)47-33(51)20-41(3,4)5/h10,15-16,18,22,24-26,30,35H,1,11-14,17,19-21H2,2-9H3,(H,49,52)(H,54,55)(H2,44,48,56)(H,46,47,51)/t24-,26-,30+,35-,43-/m1/s1. The van der Waals surface area contributed by atoms with Crippen LogP contribution in [0, 0.1) is 23.7 Å². The van der Waals surface area contributed by atoms with Gasteiger partial charge in [-0.05, 0) is 49.1 Å². The van der Waals surface area contributed by atoms with Gasteiger partial charge < -0.3 is 40.7 Å². The van der Waals surface area contributed by atoms with Crippen molar-refractivity contribution in [3.8, 4) is 22.9 Å². The number of hydrogen-bond acceptors (Lipinski definition) is 10. The lowest BCUT2D eigenvalue weighted by Crippen LogP contribution is -2.60. The summed E-state index contributed by atoms with van der Waals surface area (Å²) >= 11 is 1.27. The van der Waals surface area contributed by atoms with Crippen molar-refractivity contribution in [1.82, 2.24) is 30.8 Å². The molecule has 1 aromatic carbocycles. The fourth-order valence-corrected chi connectivity index (χ4v) is 8.76. The lowest BCUT2D eigenvalue weighted by molar-refractivity contribution is -0.146. The Morgan fingerprint density at radius 1 is 1.07 bits per heavy atom. The maximum absolute atomic E-state index is 14.7. The summed E-state index contributed by atoms with van der Waals surface area (Å²) in [4.78, 5) is 78.3. The van der Waals surface area contributed by atoms with Crippen LogP contribution >= 0.6 is 11.3 Å². The van der Waals surface area contributed by atoms with E-state index in [9.17, 15) is 29.1 Å². The van der Waals surface area contributed by atoms with E-state index in [1.807, 2.05) is 60.6 Å². The number of fused-ring (bicyclic) bond motifs is 1. The average molecular weight is 832 g/mol. The largest absolute Gasteiger partial charge is 0.496 e. The number of rotatable bonds is 13. The van der Waals surface area contributed by atoms with E-state index < -0.39 is 58.9 Å². The number of benzene rings is 1. The second-order valence-corrected chi connectivity index (χ2v) is 19.2. The molecule has 0 radical (unpaired) electrons. The van der Waals surface area contributed by atoms with Gasteiger partial charge in [-0.3, -0.25) is 14.4 Å². The lowest BCUT2D eigenvalue weighted by Gasteiger charge is -2.35. The molecule has 16 heteroatoms. The minimum atomic E-state index is -1.53. The number of carboxylic acid groups (broad SMARTS) is 1. The Hall–Kier alpha value is -5.25. The number of aryl methyl sites for hydroxylation is 1. The number of pyridine rings is 1. The number of nitrogens with zero attached hydrogens (tertiary/aromatic N) is 3. The van der Waals surface area contributed by atoms with E-state index in [1.165, 1.54) is 22.3 Å². The van der Waals surface area contributed by atoms with Crippen molar-refractivity contribution in [2.24, 2.45) is 16.7 Å². The Labute approximate surface area is 349 Å². The number of methoxy groups -OCH3 is 1. The molecular formula is C43H57N7O8S. The highest BCUT2D eigenvalue weighted by molar-refractivity contribution is 7.14. The quantitative estimate of drug-likeness (QED) is 0.124. The van der Waals surface area contributed by atoms with Crippen molar-refractivity contribution in [2.75, 3.05) is 19.0 Å². The molecule has 15 nitrogen and oxygen atoms in total. The predicted octanol–water partition coefficient (Wildman–Crippen LogP) is 6.20. The normalized spacial score (nSPS) is 22.4. The molecule has 0 unspecified atom stereocenters. The minimum absolute atomic E-state index is 0.0177. The molecule has 1 saturated heterocycles. The van der Waals surface area contributed by atoms with Crippen molar-refractivity contribution in [3.05, 3.63) is 41.8 Å². The van der Waals surface area contributed by atoms with Gasteiger partial charge in [0.1, 0.15) is 40.9 Å². The molecule has 0 spiro atoms. The zero-order chi connectivity index (χ0) is 43.0. The third-order valence-corrected chi connectivity index (χ3v) is 12.1. The van der Waals surface area contributed by atoms with Gasteiger partial charge >= 0.3 is 12.0 Å². The Bertz CT molecular complexity index is 2140. The number of anilines is 1. The zero-order valence-electron chi connectivity index (χ0n) is 35.2. The highest BCUT2D eigenvalue weighted by Gasteiger charge is 2.61. The number of ether oxygens (including phenoxy) is 2. The van der Waals surface area contributed by atoms with Gasteiger partial charge in [0.2, 0.25) is 17.7 Å². The van der Waals surface area contributed by atoms with E-state index in [4.69, 9.17) is 14.5 Å². The number of aliphatic carboxylic acids is 1. The van der Waals surface area contributed by atoms with Gasteiger partial charge in [0.25, 0.3) is 0 Å². The Kier molecular flexibility index (Phi) is 12.3. The second-order valence-electron chi connectivity index (χ2n) is 18.3. The summed E-state index contributed by atoms with van der Waals surface area (Å²) in [6.45, 7) is 17.1. The van der Waals surface area contributed by atoms with Crippen molar-refractivity contribution in [3.63, 3.8) is 0 Å². The molecule has 2 saturated carbocycles. The van der Waals surface area contributed by atoms with E-state index in [-0.39, 0.29) is 36.8 Å². The van der Waals surface area contributed by atoms with Crippen molar-refractivity contribution in [1.29, 1.82) is 0 Å². The van der Waals surface area contributed by atoms with Crippen LogP contribution in [0.25, 0.3) is 22.3 Å². The number of hydrogen-bond donors (Lipinski definition) is 5. The molecule has 5 N–H and O–H groups in total. The fraction of sp³-hybridized carbons (Fsp3) is 0.558. The lowest BCUT2D eigenvalue weighted by atomic mass is 9.85. The summed E-state index contributed by atoms with van der Waals surface area (Å²) in [6.07, 6.45) is 5.07. The van der Waals surface area contributed by atoms with E-state index in [2.05, 4.69) is 32.8 Å². The molecule has 6 rings (SSSR count). The smallest absolute Gasteiger partial charge is 0.330 e. The molecule has 0 bridgehead atoms. The second kappa shape index (κ2) is 16.8. The molecule has 3 fully saturated rings. The van der Waals surface area contributed by atoms with E-state index in [0.29, 0.717) is 45.3 Å². The van der Waals surface area contributed by atoms with Gasteiger partial charge in [-0.15, -0.1) is 17.9 Å². The summed E-state index contributed by atoms with van der Waals surface area (Å²) in [5, 5.41) is 24.5. The van der Waals surface area contributed by atoms with Crippen molar-refractivity contribution in [2.45, 2.75) is 123 Å². The summed E-state index contributed by atoms with van der Waals surface area (Å²) in [5.41, 5.74) is -0.185. The van der Waals surface area contributed by atoms with Gasteiger partial charge in [-0.1, -0.05) is 60.5 Å². The molecule has 2 aromatic heterocycles. The molecule has 59 heavy (non-hydrogen) atoms. The highest BCUT2D eigenvalue weighted by atomic mass is 32.1. The maximum Gasteiger partial charge on any atom is 0.330 e. The van der Waals surface area contributed by atoms with E-state index in [1.54, 1.807) is 18.6 Å². The summed E-state index contributed by atoms with van der Waals surface area (Å²) < 4.78 is 12.4. The number of likely N-dealkylation sites (tertiary alicyclic amines) is 1. The Balaban J connectivity index is 1.33. The molecule has 5 atom stereocenters. The van der Waals surface area contributed by atoms with Crippen LogP contribution in [-0.2, 0) is 19.2 Å². The number of thiazole rings is 1. The molecule has 3 aromatic rings. The number of carboxylic acids is 1. The number of carbonyl (C=O) groups is 5. The van der Waals surface area contributed by atoms with E-state index in [0.717, 1.165) is 31.2 Å². The molecule has 5 amide bonds. The third-order valence-electron chi connectivity index (χ3n) is 11.3. The van der Waals surface area contributed by atoms with E-state index >= 15 is 0 Å². The predicted molar refractivity (Wildman–Crippen MR) is 225 cm³/mol. The molecule has 318 valence electrons. The number of aromatic nitrogens is 2. The van der Waals surface area contributed by atoms with Crippen molar-refractivity contribution >= 4 is 57.1 Å². The Morgan fingerprint density at radius 2 is 1.78 bits per heavy atom. The van der Waals surface area contributed by atoms with Crippen LogP contribution in [-0.4, -0.2) is 93.1 Å². The molecule has 2 aliphatic carbocycles.